The topological polar surface area (TPSA) is 83.3 Å². The van der Waals surface area contributed by atoms with Crippen LogP contribution in [-0.4, -0.2) is 55.2 Å². The predicted octanol–water partition coefficient (Wildman–Crippen LogP) is 2.55. The highest BCUT2D eigenvalue weighted by molar-refractivity contribution is 5.99. The van der Waals surface area contributed by atoms with Gasteiger partial charge in [-0.3, -0.25) is 4.79 Å². The molecule has 0 bridgehead atoms. The Morgan fingerprint density at radius 2 is 1.96 bits per heavy atom. The van der Waals surface area contributed by atoms with Gasteiger partial charge >= 0.3 is 0 Å². The highest BCUT2D eigenvalue weighted by Crippen LogP contribution is 2.41. The molecule has 2 saturated carbocycles. The molecule has 2 fully saturated rings. The molecule has 1 spiro atoms. The Labute approximate surface area is 158 Å². The Morgan fingerprint density at radius 3 is 2.70 bits per heavy atom. The molecule has 3 aliphatic rings. The van der Waals surface area contributed by atoms with Gasteiger partial charge in [-0.2, -0.15) is 4.98 Å². The van der Waals surface area contributed by atoms with Gasteiger partial charge in [0, 0.05) is 31.2 Å². The van der Waals surface area contributed by atoms with E-state index >= 15 is 0 Å². The van der Waals surface area contributed by atoms with Gasteiger partial charge in [0.05, 0.1) is 11.6 Å². The van der Waals surface area contributed by atoms with E-state index in [1.165, 1.54) is 12.8 Å². The van der Waals surface area contributed by atoms with Gasteiger partial charge in [0.25, 0.3) is 5.91 Å². The number of hydrogen-bond acceptors (Lipinski definition) is 5. The van der Waals surface area contributed by atoms with E-state index in [0.717, 1.165) is 61.8 Å². The average Bonchev–Trinajstić information content (AvgIpc) is 3.28. The summed E-state index contributed by atoms with van der Waals surface area (Å²) >= 11 is 0. The van der Waals surface area contributed by atoms with Crippen LogP contribution < -0.4 is 5.32 Å². The van der Waals surface area contributed by atoms with Crippen molar-refractivity contribution >= 4 is 22.9 Å². The number of carbonyl (C=O) groups is 1. The third-order valence-electron chi connectivity index (χ3n) is 6.89. The summed E-state index contributed by atoms with van der Waals surface area (Å²) in [4.78, 5) is 24.2. The first-order chi connectivity index (χ1) is 13.1. The molecule has 0 saturated heterocycles. The molecule has 7 nitrogen and oxygen atoms in total. The quantitative estimate of drug-likeness (QED) is 0.850. The number of likely N-dealkylation sites (N-methyl/N-ethyl adjacent to an activating group) is 1. The van der Waals surface area contributed by atoms with E-state index in [9.17, 15) is 9.90 Å². The van der Waals surface area contributed by atoms with Crippen LogP contribution in [0.3, 0.4) is 0 Å². The van der Waals surface area contributed by atoms with Gasteiger partial charge in [-0.1, -0.05) is 12.8 Å². The van der Waals surface area contributed by atoms with Gasteiger partial charge < -0.3 is 19.9 Å². The maximum Gasteiger partial charge on any atom is 0.270 e. The van der Waals surface area contributed by atoms with Crippen LogP contribution >= 0.6 is 0 Å². The first-order valence-corrected chi connectivity index (χ1v) is 10.1. The standard InChI is InChI=1S/C20H27N5O2/c1-24-18(27)16-10-13-11-21-19(22-14-4-6-15(26)7-5-14)23-17(13)25(16)12-20(24)8-2-3-9-20/h10-11,14-15,26H,2-9,12H2,1H3,(H,21,22,23)/t14-,15-. The normalized spacial score (nSPS) is 27.3. The Balaban J connectivity index is 1.48. The van der Waals surface area contributed by atoms with Crippen molar-refractivity contribution in [2.45, 2.75) is 75.6 Å². The second-order valence-electron chi connectivity index (χ2n) is 8.53. The molecule has 7 heteroatoms. The molecule has 2 aromatic rings. The molecule has 0 radical (unpaired) electrons. The van der Waals surface area contributed by atoms with E-state index in [2.05, 4.69) is 14.9 Å². The van der Waals surface area contributed by atoms with E-state index < -0.39 is 0 Å². The summed E-state index contributed by atoms with van der Waals surface area (Å²) in [6.45, 7) is 0.820. The number of aliphatic hydroxyl groups is 1. The fourth-order valence-electron chi connectivity index (χ4n) is 5.16. The molecule has 0 unspecified atom stereocenters. The number of amides is 1. The van der Waals surface area contributed by atoms with Crippen LogP contribution in [0.25, 0.3) is 11.0 Å². The van der Waals surface area contributed by atoms with Crippen molar-refractivity contribution < 1.29 is 9.90 Å². The van der Waals surface area contributed by atoms with Crippen LogP contribution in [0.4, 0.5) is 5.95 Å². The number of carbonyl (C=O) groups excluding carboxylic acids is 1. The number of fused-ring (bicyclic) bond motifs is 3. The first kappa shape index (κ1) is 17.0. The van der Waals surface area contributed by atoms with Crippen LogP contribution in [0.5, 0.6) is 0 Å². The summed E-state index contributed by atoms with van der Waals surface area (Å²) in [7, 11) is 1.95. The molecular formula is C20H27N5O2. The second kappa shape index (κ2) is 6.19. The first-order valence-electron chi connectivity index (χ1n) is 10.1. The molecule has 27 heavy (non-hydrogen) atoms. The molecular weight excluding hydrogens is 342 g/mol. The number of anilines is 1. The molecule has 2 N–H and O–H groups in total. The van der Waals surface area contributed by atoms with Gasteiger partial charge in [0.2, 0.25) is 5.95 Å². The Bertz CT molecular complexity index is 878. The lowest BCUT2D eigenvalue weighted by molar-refractivity contribution is 0.0434. The van der Waals surface area contributed by atoms with Gasteiger partial charge in [0.15, 0.2) is 0 Å². The van der Waals surface area contributed by atoms with E-state index in [1.807, 2.05) is 24.2 Å². The predicted molar refractivity (Wildman–Crippen MR) is 103 cm³/mol. The highest BCUT2D eigenvalue weighted by Gasteiger charge is 2.45. The number of rotatable bonds is 2. The Morgan fingerprint density at radius 1 is 1.22 bits per heavy atom. The number of nitrogens with one attached hydrogen (secondary N) is 1. The molecule has 0 atom stereocenters. The van der Waals surface area contributed by atoms with Crippen molar-refractivity contribution in [1.29, 1.82) is 0 Å². The lowest BCUT2D eigenvalue weighted by Crippen LogP contribution is -2.54. The maximum atomic E-state index is 13.0. The lowest BCUT2D eigenvalue weighted by Gasteiger charge is -2.43. The summed E-state index contributed by atoms with van der Waals surface area (Å²) < 4.78 is 2.11. The van der Waals surface area contributed by atoms with Crippen LogP contribution in [0.15, 0.2) is 12.3 Å². The smallest absolute Gasteiger partial charge is 0.270 e. The third-order valence-corrected chi connectivity index (χ3v) is 6.89. The molecule has 2 aliphatic carbocycles. The third kappa shape index (κ3) is 2.71. The number of aromatic nitrogens is 3. The number of nitrogens with zero attached hydrogens (tertiary/aromatic N) is 4. The van der Waals surface area contributed by atoms with Crippen LogP contribution in [0.2, 0.25) is 0 Å². The van der Waals surface area contributed by atoms with Crippen LogP contribution in [0.1, 0.15) is 61.9 Å². The van der Waals surface area contributed by atoms with Crippen molar-refractivity contribution in [2.24, 2.45) is 0 Å². The van der Waals surface area contributed by atoms with Crippen molar-refractivity contribution in [3.05, 3.63) is 18.0 Å². The monoisotopic (exact) mass is 369 g/mol. The largest absolute Gasteiger partial charge is 0.393 e. The zero-order valence-corrected chi connectivity index (χ0v) is 15.8. The summed E-state index contributed by atoms with van der Waals surface area (Å²) in [6, 6.07) is 2.23. The van der Waals surface area contributed by atoms with Crippen molar-refractivity contribution in [3.8, 4) is 0 Å². The van der Waals surface area contributed by atoms with E-state index in [4.69, 9.17) is 4.98 Å². The fourth-order valence-corrected chi connectivity index (χ4v) is 5.16. The second-order valence-corrected chi connectivity index (χ2v) is 8.53. The fraction of sp³-hybridized carbons (Fsp3) is 0.650. The minimum Gasteiger partial charge on any atom is -0.393 e. The maximum absolute atomic E-state index is 13.0. The summed E-state index contributed by atoms with van der Waals surface area (Å²) in [6.07, 6.45) is 9.65. The molecule has 2 aromatic heterocycles. The minimum atomic E-state index is -0.172. The molecule has 144 valence electrons. The van der Waals surface area contributed by atoms with E-state index in [0.29, 0.717) is 12.0 Å². The van der Waals surface area contributed by atoms with Crippen molar-refractivity contribution in [2.75, 3.05) is 12.4 Å². The summed E-state index contributed by atoms with van der Waals surface area (Å²) in [5.41, 5.74) is 1.51. The highest BCUT2D eigenvalue weighted by atomic mass is 16.3. The lowest BCUT2D eigenvalue weighted by atomic mass is 9.93. The van der Waals surface area contributed by atoms with Crippen LogP contribution in [0, 0.1) is 0 Å². The minimum absolute atomic E-state index is 0.0614. The van der Waals surface area contributed by atoms with E-state index in [1.54, 1.807) is 0 Å². The SMILES string of the molecule is CN1C(=O)c2cc3cnc(N[C@H]4CC[C@H](O)CC4)nc3n2CC12CCCC2. The van der Waals surface area contributed by atoms with Gasteiger partial charge in [-0.25, -0.2) is 4.98 Å². The van der Waals surface area contributed by atoms with Gasteiger partial charge in [0.1, 0.15) is 11.3 Å². The van der Waals surface area contributed by atoms with E-state index in [-0.39, 0.29) is 17.6 Å². The zero-order valence-electron chi connectivity index (χ0n) is 15.8. The Kier molecular flexibility index (Phi) is 3.89. The molecule has 1 aliphatic heterocycles. The van der Waals surface area contributed by atoms with Crippen molar-refractivity contribution in [1.82, 2.24) is 19.4 Å². The number of aliphatic hydroxyl groups excluding tert-OH is 1. The summed E-state index contributed by atoms with van der Waals surface area (Å²) in [5, 5.41) is 14.0. The molecule has 5 rings (SSSR count). The molecule has 1 amide bonds. The van der Waals surface area contributed by atoms with Gasteiger partial charge in [-0.05, 0) is 44.6 Å². The molecule has 0 aromatic carbocycles. The number of hydrogen-bond donors (Lipinski definition) is 2. The van der Waals surface area contributed by atoms with Crippen molar-refractivity contribution in [3.63, 3.8) is 0 Å². The van der Waals surface area contributed by atoms with Crippen LogP contribution in [-0.2, 0) is 6.54 Å². The summed E-state index contributed by atoms with van der Waals surface area (Å²) in [5.74, 6) is 0.716. The average molecular weight is 369 g/mol. The Hall–Kier alpha value is -2.15. The zero-order chi connectivity index (χ0) is 18.6. The molecule has 3 heterocycles. The van der Waals surface area contributed by atoms with Gasteiger partial charge in [-0.15, -0.1) is 0 Å².